The molecule has 0 radical (unpaired) electrons. The molecule has 17 aromatic carbocycles. The average Bonchev–Trinajstić information content (AvgIpc) is 1.66. The molecule has 0 amide bonds. The first kappa shape index (κ1) is 110. The Hall–Kier alpha value is -15.7. The van der Waals surface area contributed by atoms with E-state index in [9.17, 15) is 0 Å². The minimum Gasteiger partial charge on any atom is -0.338 e. The van der Waals surface area contributed by atoms with Crippen molar-refractivity contribution in [2.75, 3.05) is 14.7 Å². The molecule has 0 aliphatic rings. The average molecular weight is 1850 g/mol. The van der Waals surface area contributed by atoms with Crippen LogP contribution in [0, 0.1) is 17.8 Å². The van der Waals surface area contributed by atoms with Gasteiger partial charge in [-0.3, -0.25) is 13.7 Å². The number of benzene rings is 17. The predicted molar refractivity (Wildman–Crippen MR) is 616 cm³/mol. The quantitative estimate of drug-likeness (QED) is 0.0714. The van der Waals surface area contributed by atoms with Gasteiger partial charge in [0.05, 0.1) is 33.1 Å². The van der Waals surface area contributed by atoms with Crippen molar-refractivity contribution in [3.63, 3.8) is 0 Å². The Kier molecular flexibility index (Phi) is 42.1. The summed E-state index contributed by atoms with van der Waals surface area (Å²) < 4.78 is 9.22. The summed E-state index contributed by atoms with van der Waals surface area (Å²) in [4.78, 5) is 21.8. The van der Waals surface area contributed by atoms with Crippen molar-refractivity contribution in [1.29, 1.82) is 0 Å². The second kappa shape index (κ2) is 53.7. The molecule has 718 valence electrons. The van der Waals surface area contributed by atoms with Crippen molar-refractivity contribution in [3.05, 3.63) is 467 Å². The van der Waals surface area contributed by atoms with Crippen LogP contribution in [0.2, 0.25) is 0 Å². The molecule has 10 nitrogen and oxygen atoms in total. The van der Waals surface area contributed by atoms with Crippen LogP contribution in [0.5, 0.6) is 0 Å². The molecule has 0 saturated heterocycles. The maximum atomic E-state index is 5.00. The van der Waals surface area contributed by atoms with E-state index in [0.29, 0.717) is 6.04 Å². The SMILES string of the molecule is C.C.C.C.C.C.C.C.CCC(C)C.CCC(C)C.CCC(C)CC(C)n1c2ccccc2c2ccccc21.c1ccc(N(c2ccccc2)c2ccc(-c3nc4ccccc4n3-c3ccccc3)cc2)cc1.c1ccc(N(c2ccccc2)c2ccc(-c3nc4ccccc4n3-c3ccccc3)cc2)cc1.c1ccc(N(c2ccccc2)c2ccc(-c3nc4ccccc4n3-c3ccccc3)cc2)cc1. The molecule has 10 heteroatoms. The van der Waals surface area contributed by atoms with Gasteiger partial charge in [0.1, 0.15) is 17.5 Å². The number of para-hydroxylation sites is 17. The monoisotopic (exact) mass is 1850 g/mol. The molecule has 0 aliphatic heterocycles. The molecule has 21 aromatic rings. The van der Waals surface area contributed by atoms with E-state index in [1.54, 1.807) is 0 Å². The van der Waals surface area contributed by atoms with Gasteiger partial charge in [-0.1, -0.05) is 371 Å². The Labute approximate surface area is 838 Å². The summed E-state index contributed by atoms with van der Waals surface area (Å²) in [5.74, 6) is 5.34. The number of fused-ring (bicyclic) bond motifs is 6. The zero-order chi connectivity index (χ0) is 90.9. The van der Waals surface area contributed by atoms with E-state index >= 15 is 0 Å². The lowest BCUT2D eigenvalue weighted by atomic mass is 10.00. The van der Waals surface area contributed by atoms with Gasteiger partial charge in [-0.2, -0.15) is 0 Å². The van der Waals surface area contributed by atoms with Crippen molar-refractivity contribution in [2.24, 2.45) is 17.8 Å². The first-order chi connectivity index (χ1) is 64.9. The highest BCUT2D eigenvalue weighted by atomic mass is 15.2. The van der Waals surface area contributed by atoms with Crippen LogP contribution in [-0.4, -0.2) is 33.2 Å². The first-order valence-electron chi connectivity index (χ1n) is 46.5. The Morgan fingerprint density at radius 2 is 0.393 bits per heavy atom. The number of nitrogens with zero attached hydrogens (tertiary/aromatic N) is 10. The van der Waals surface area contributed by atoms with Crippen LogP contribution in [0.3, 0.4) is 0 Å². The second-order valence-corrected chi connectivity index (χ2v) is 34.1. The van der Waals surface area contributed by atoms with Gasteiger partial charge in [0.15, 0.2) is 0 Å². The molecule has 2 unspecified atom stereocenters. The Balaban J connectivity index is 0.000000220. The van der Waals surface area contributed by atoms with Crippen molar-refractivity contribution < 1.29 is 0 Å². The molecule has 21 rings (SSSR count). The maximum absolute atomic E-state index is 5.00. The van der Waals surface area contributed by atoms with E-state index in [1.807, 2.05) is 72.8 Å². The minimum atomic E-state index is 0. The van der Waals surface area contributed by atoms with Crippen LogP contribution in [0.25, 0.3) is 106 Å². The summed E-state index contributed by atoms with van der Waals surface area (Å²) in [5, 5.41) is 2.75. The van der Waals surface area contributed by atoms with E-state index in [-0.39, 0.29) is 59.4 Å². The van der Waals surface area contributed by atoms with E-state index in [2.05, 4.69) is 490 Å². The highest BCUT2D eigenvalue weighted by Crippen LogP contribution is 2.42. The summed E-state index contributed by atoms with van der Waals surface area (Å²) in [6.07, 6.45) is 5.10. The number of aromatic nitrogens is 7. The number of imidazole rings is 3. The largest absolute Gasteiger partial charge is 0.338 e. The molecule has 0 fully saturated rings. The first-order valence-corrected chi connectivity index (χ1v) is 46.5. The second-order valence-electron chi connectivity index (χ2n) is 34.1. The molecule has 4 heterocycles. The molecular weight excluding hydrogens is 1700 g/mol. The van der Waals surface area contributed by atoms with Crippen molar-refractivity contribution in [3.8, 4) is 51.2 Å². The number of anilines is 9. The molecule has 0 aliphatic carbocycles. The molecular formula is C130H148N10. The molecule has 0 N–H and O–H groups in total. The van der Waals surface area contributed by atoms with Crippen LogP contribution in [0.1, 0.15) is 153 Å². The summed E-state index contributed by atoms with van der Waals surface area (Å²) >= 11 is 0. The number of rotatable bonds is 21. The third kappa shape index (κ3) is 26.0. The molecule has 0 bridgehead atoms. The lowest BCUT2D eigenvalue weighted by molar-refractivity contribution is 0.411. The molecule has 0 saturated carbocycles. The lowest BCUT2D eigenvalue weighted by Gasteiger charge is -2.25. The highest BCUT2D eigenvalue weighted by molar-refractivity contribution is 6.08. The smallest absolute Gasteiger partial charge is 0.145 e. The van der Waals surface area contributed by atoms with Crippen molar-refractivity contribution >= 4 is 106 Å². The predicted octanol–water partition coefficient (Wildman–Crippen LogP) is 39.5. The normalized spacial score (nSPS) is 10.8. The Morgan fingerprint density at radius 3 is 0.607 bits per heavy atom. The minimum absolute atomic E-state index is 0. The fourth-order valence-electron chi connectivity index (χ4n) is 16.5. The molecule has 140 heavy (non-hydrogen) atoms. The fourth-order valence-corrected chi connectivity index (χ4v) is 16.5. The maximum Gasteiger partial charge on any atom is 0.145 e. The zero-order valence-corrected chi connectivity index (χ0v) is 77.1. The third-order valence-corrected chi connectivity index (χ3v) is 24.1. The highest BCUT2D eigenvalue weighted by Gasteiger charge is 2.23. The topological polar surface area (TPSA) is 68.1 Å². The van der Waals surface area contributed by atoms with Crippen LogP contribution >= 0.6 is 0 Å². The van der Waals surface area contributed by atoms with Gasteiger partial charge in [0, 0.05) is 113 Å². The summed E-state index contributed by atoms with van der Waals surface area (Å²) in [6.45, 7) is 20.3. The summed E-state index contributed by atoms with van der Waals surface area (Å²) in [6, 6.07) is 163. The van der Waals surface area contributed by atoms with Crippen LogP contribution in [0.4, 0.5) is 51.2 Å². The third-order valence-electron chi connectivity index (χ3n) is 24.1. The molecule has 2 atom stereocenters. The van der Waals surface area contributed by atoms with E-state index in [4.69, 9.17) is 15.0 Å². The van der Waals surface area contributed by atoms with Crippen LogP contribution in [-0.2, 0) is 0 Å². The number of hydrogen-bond donors (Lipinski definition) is 0. The van der Waals surface area contributed by atoms with Gasteiger partial charge >= 0.3 is 0 Å². The van der Waals surface area contributed by atoms with E-state index in [1.165, 1.54) is 47.5 Å². The fraction of sp³-hybridized carbons (Fsp3) is 0.192. The van der Waals surface area contributed by atoms with Gasteiger partial charge in [-0.05, 0) is 262 Å². The van der Waals surface area contributed by atoms with Crippen LogP contribution < -0.4 is 14.7 Å². The Morgan fingerprint density at radius 1 is 0.207 bits per heavy atom. The van der Waals surface area contributed by atoms with Gasteiger partial charge in [0.2, 0.25) is 0 Å². The van der Waals surface area contributed by atoms with E-state index in [0.717, 1.165) is 153 Å². The summed E-state index contributed by atoms with van der Waals surface area (Å²) in [5.41, 5.74) is 25.6. The van der Waals surface area contributed by atoms with Gasteiger partial charge < -0.3 is 19.3 Å². The van der Waals surface area contributed by atoms with Crippen molar-refractivity contribution in [1.82, 2.24) is 33.2 Å². The Bertz CT molecular complexity index is 6360. The molecule has 0 spiro atoms. The van der Waals surface area contributed by atoms with Gasteiger partial charge in [-0.15, -0.1) is 0 Å². The van der Waals surface area contributed by atoms with Crippen molar-refractivity contribution in [2.45, 2.75) is 153 Å². The van der Waals surface area contributed by atoms with Gasteiger partial charge in [-0.25, -0.2) is 15.0 Å². The van der Waals surface area contributed by atoms with Gasteiger partial charge in [0.25, 0.3) is 0 Å². The standard InChI is InChI=1S/3C31H23N3.C19H23N.2C5H12.8CH4/c3*1-4-12-25(13-5-1)33(26-14-6-2-7-15-26)28-22-20-24(21-23-28)31-32-29-18-10-11-19-30(29)34(31)27-16-8-3-9-17-27;1-4-14(2)13-15(3)20-18-11-7-5-9-16(18)17-10-6-8-12-19(17)20;2*1-4-5(2)3;;;;;;;;/h3*1-23H;5-12,14-15H,4,13H2,1-3H3;2*5H,4H2,1-3H3;8*1H4. The van der Waals surface area contributed by atoms with E-state index < -0.39 is 0 Å². The zero-order valence-electron chi connectivity index (χ0n) is 77.1. The number of hydrogen-bond acceptors (Lipinski definition) is 6. The summed E-state index contributed by atoms with van der Waals surface area (Å²) in [7, 11) is 0. The lowest BCUT2D eigenvalue weighted by Crippen LogP contribution is -2.09. The molecule has 4 aromatic heterocycles. The van der Waals surface area contributed by atoms with Crippen LogP contribution in [0.15, 0.2) is 467 Å².